The van der Waals surface area contributed by atoms with Gasteiger partial charge in [-0.1, -0.05) is 26.8 Å². The normalized spacial score (nSPS) is 32.4. The SMILES string of the molecule is [2H]CC1(C[2H])c2cc(N3CC([2H])([2H])C([2H])(N4CC([2H])([2H])OC([2H])([2H])C4)C([2H])([2H])C3)c(C([2H])([2H])C)cc2C(=O)c2c1[nH]c1cc(C#N)ccc21. The van der Waals surface area contributed by atoms with E-state index in [1.54, 1.807) is 18.2 Å². The van der Waals surface area contributed by atoms with Crippen LogP contribution in [0, 0.1) is 11.3 Å². The molecular formula is C30H34N4O2. The Balaban J connectivity index is 1.53. The number of H-pyrrole nitrogens is 1. The van der Waals surface area contributed by atoms with E-state index in [2.05, 4.69) is 4.98 Å². The molecule has 3 aromatic rings. The van der Waals surface area contributed by atoms with Gasteiger partial charge in [-0.15, -0.1) is 0 Å². The molecule has 3 aliphatic rings. The summed E-state index contributed by atoms with van der Waals surface area (Å²) in [4.78, 5) is 19.4. The molecule has 6 rings (SSSR count). The number of morpholine rings is 1. The summed E-state index contributed by atoms with van der Waals surface area (Å²) < 4.78 is 117. The second-order valence-electron chi connectivity index (χ2n) is 9.13. The number of anilines is 1. The minimum atomic E-state index is -2.82. The Kier molecular flexibility index (Phi) is 3.14. The van der Waals surface area contributed by atoms with E-state index >= 15 is 0 Å². The number of ketones is 1. The van der Waals surface area contributed by atoms with Gasteiger partial charge in [0.1, 0.15) is 0 Å². The summed E-state index contributed by atoms with van der Waals surface area (Å²) in [5.41, 5.74) is -0.0350. The molecule has 2 aromatic carbocycles. The molecule has 3 heterocycles. The van der Waals surface area contributed by atoms with Crippen molar-refractivity contribution in [2.45, 2.75) is 51.3 Å². The van der Waals surface area contributed by atoms with Gasteiger partial charge in [0.15, 0.2) is 5.78 Å². The summed E-state index contributed by atoms with van der Waals surface area (Å²) in [6.07, 6.45) is -7.79. The van der Waals surface area contributed by atoms with Gasteiger partial charge in [-0.05, 0) is 54.5 Å². The lowest BCUT2D eigenvalue weighted by Crippen LogP contribution is -2.49. The summed E-state index contributed by atoms with van der Waals surface area (Å²) in [6.45, 7) is -7.86. The highest BCUT2D eigenvalue weighted by Crippen LogP contribution is 2.46. The van der Waals surface area contributed by atoms with Crippen molar-refractivity contribution in [1.82, 2.24) is 9.88 Å². The number of hydrogen-bond donors (Lipinski definition) is 1. The van der Waals surface area contributed by atoms with E-state index in [1.807, 2.05) is 6.07 Å². The molecule has 2 aliphatic heterocycles. The maximum absolute atomic E-state index is 14.2. The molecule has 0 atom stereocenters. The maximum atomic E-state index is 14.2. The van der Waals surface area contributed by atoms with Crippen molar-refractivity contribution in [1.29, 1.82) is 5.26 Å². The van der Waals surface area contributed by atoms with Crippen LogP contribution in [0.25, 0.3) is 10.9 Å². The zero-order chi connectivity index (χ0) is 36.3. The molecule has 0 radical (unpaired) electrons. The fraction of sp³-hybridized carbons (Fsp3) is 0.467. The molecule has 0 spiro atoms. The smallest absolute Gasteiger partial charge is 0.195 e. The van der Waals surface area contributed by atoms with Crippen molar-refractivity contribution in [3.63, 3.8) is 0 Å². The van der Waals surface area contributed by atoms with E-state index in [4.69, 9.17) is 21.2 Å². The molecule has 0 unspecified atom stereocenters. The van der Waals surface area contributed by atoms with Crippen LogP contribution in [0.1, 0.15) is 89.6 Å². The second kappa shape index (κ2) is 8.76. The molecular weight excluding hydrogens is 448 g/mol. The van der Waals surface area contributed by atoms with Gasteiger partial charge in [0.2, 0.25) is 0 Å². The molecule has 0 saturated carbocycles. The first-order valence-electron chi connectivity index (χ1n) is 18.5. The van der Waals surface area contributed by atoms with E-state index in [9.17, 15) is 11.4 Å². The van der Waals surface area contributed by atoms with Gasteiger partial charge in [0.25, 0.3) is 0 Å². The van der Waals surface area contributed by atoms with Gasteiger partial charge in [-0.25, -0.2) is 0 Å². The van der Waals surface area contributed by atoms with Crippen LogP contribution in [0.2, 0.25) is 0 Å². The minimum Gasteiger partial charge on any atom is -0.379 e. The zero-order valence-electron chi connectivity index (χ0n) is 32.8. The highest BCUT2D eigenvalue weighted by atomic mass is 16.5. The summed E-state index contributed by atoms with van der Waals surface area (Å²) in [5, 5.41) is 9.91. The maximum Gasteiger partial charge on any atom is 0.195 e. The van der Waals surface area contributed by atoms with Crippen LogP contribution in [0.3, 0.4) is 0 Å². The number of nitrogens with one attached hydrogen (secondary N) is 1. The molecule has 1 aromatic heterocycles. The number of carbonyl (C=O) groups excluding carboxylic acids is 1. The summed E-state index contributed by atoms with van der Waals surface area (Å²) in [7, 11) is 0. The number of hydrogen-bond acceptors (Lipinski definition) is 5. The van der Waals surface area contributed by atoms with Crippen LogP contribution < -0.4 is 4.90 Å². The van der Waals surface area contributed by atoms with E-state index in [0.29, 0.717) is 16.5 Å². The number of aromatic amines is 1. The van der Waals surface area contributed by atoms with Gasteiger partial charge in [-0.2, -0.15) is 5.26 Å². The largest absolute Gasteiger partial charge is 0.379 e. The lowest BCUT2D eigenvalue weighted by molar-refractivity contribution is 0.0115. The molecule has 186 valence electrons. The number of ether oxygens (including phenoxy) is 1. The quantitative estimate of drug-likeness (QED) is 0.567. The highest BCUT2D eigenvalue weighted by molar-refractivity contribution is 6.20. The topological polar surface area (TPSA) is 72.4 Å². The van der Waals surface area contributed by atoms with Crippen LogP contribution in [0.5, 0.6) is 0 Å². The molecule has 0 bridgehead atoms. The molecule has 6 heteroatoms. The van der Waals surface area contributed by atoms with Crippen molar-refractivity contribution in [2.75, 3.05) is 44.2 Å². The molecule has 2 saturated heterocycles. The summed E-state index contributed by atoms with van der Waals surface area (Å²) in [5.74, 6) is -0.499. The number of carbonyl (C=O) groups is 1. The predicted octanol–water partition coefficient (Wildman–Crippen LogP) is 4.77. The Hall–Kier alpha value is -3.14. The third-order valence-electron chi connectivity index (χ3n) is 6.99. The van der Waals surface area contributed by atoms with Gasteiger partial charge >= 0.3 is 0 Å². The minimum absolute atomic E-state index is 0.000843. The summed E-state index contributed by atoms with van der Waals surface area (Å²) >= 11 is 0. The first-order chi connectivity index (χ1) is 22.5. The van der Waals surface area contributed by atoms with E-state index in [0.717, 1.165) is 4.90 Å². The van der Waals surface area contributed by atoms with Crippen molar-refractivity contribution < 1.29 is 27.4 Å². The van der Waals surface area contributed by atoms with Gasteiger partial charge < -0.3 is 14.6 Å². The fourth-order valence-corrected chi connectivity index (χ4v) is 5.10. The average molecular weight is 496 g/mol. The molecule has 1 aliphatic carbocycles. The number of benzene rings is 2. The number of nitrogens with zero attached hydrogens (tertiary/aromatic N) is 3. The Labute approximate surface area is 231 Å². The van der Waals surface area contributed by atoms with Crippen LogP contribution in [-0.2, 0) is 16.5 Å². The van der Waals surface area contributed by atoms with Gasteiger partial charge in [-0.3, -0.25) is 9.69 Å². The Morgan fingerprint density at radius 1 is 1.25 bits per heavy atom. The highest BCUT2D eigenvalue weighted by Gasteiger charge is 2.40. The Morgan fingerprint density at radius 2 is 2.03 bits per heavy atom. The molecule has 2 fully saturated rings. The first kappa shape index (κ1) is 12.9. The molecule has 1 N–H and O–H groups in total. The fourth-order valence-electron chi connectivity index (χ4n) is 5.10. The van der Waals surface area contributed by atoms with E-state index in [1.165, 1.54) is 24.0 Å². The molecule has 6 nitrogen and oxygen atoms in total. The van der Waals surface area contributed by atoms with Crippen molar-refractivity contribution in [3.8, 4) is 6.07 Å². The Bertz CT molecular complexity index is 1880. The Morgan fingerprint density at radius 3 is 2.72 bits per heavy atom. The van der Waals surface area contributed by atoms with Gasteiger partial charge in [0.05, 0.1) is 35.8 Å². The van der Waals surface area contributed by atoms with E-state index in [-0.39, 0.29) is 33.6 Å². The number of fused-ring (bicyclic) bond motifs is 4. The number of nitriles is 1. The third kappa shape index (κ3) is 3.56. The average Bonchev–Trinajstić information content (AvgIpc) is 3.37. The number of aromatic nitrogens is 1. The standard InChI is InChI=1S/C30H34N4O2/c1-4-20-16-23-24(17-26(20)34-9-7-21(8-10-34)33-11-13-36-14-12-33)30(2,3)29-27(28(23)35)22-6-5-19(18-31)15-25(22)32-29/h5-6,15-17,21,32H,4,7-14H2,1-3H3/i2D,3D,4D2,7D2,8D2,13D2,14D2,21D. The number of aryl methyl sites for hydroxylation is 1. The predicted molar refractivity (Wildman–Crippen MR) is 142 cm³/mol. The number of rotatable bonds is 3. The zero-order valence-corrected chi connectivity index (χ0v) is 19.8. The summed E-state index contributed by atoms with van der Waals surface area (Å²) in [6, 6.07) is 6.67. The first-order valence-corrected chi connectivity index (χ1v) is 11.6. The van der Waals surface area contributed by atoms with Crippen LogP contribution in [0.4, 0.5) is 5.69 Å². The molecule has 0 amide bonds. The van der Waals surface area contributed by atoms with Crippen LogP contribution in [0.15, 0.2) is 30.3 Å². The second-order valence-corrected chi connectivity index (χ2v) is 9.13. The number of piperidine rings is 1. The lowest BCUT2D eigenvalue weighted by Gasteiger charge is -2.42. The van der Waals surface area contributed by atoms with E-state index < -0.39 is 89.4 Å². The van der Waals surface area contributed by atoms with Crippen LogP contribution >= 0.6 is 0 Å². The third-order valence-corrected chi connectivity index (χ3v) is 6.99. The molecule has 36 heavy (non-hydrogen) atoms. The van der Waals surface area contributed by atoms with Gasteiger partial charge in [0, 0.05) is 77.8 Å². The lowest BCUT2D eigenvalue weighted by atomic mass is 9.70. The van der Waals surface area contributed by atoms with Crippen molar-refractivity contribution in [3.05, 3.63) is 63.8 Å². The monoisotopic (exact) mass is 495 g/mol. The van der Waals surface area contributed by atoms with Crippen molar-refractivity contribution in [2.24, 2.45) is 0 Å². The van der Waals surface area contributed by atoms with Crippen molar-refractivity contribution >= 4 is 22.4 Å². The van der Waals surface area contributed by atoms with Crippen LogP contribution in [-0.4, -0.2) is 61.0 Å².